The molecule has 0 saturated carbocycles. The first-order valence-corrected chi connectivity index (χ1v) is 8.17. The molecule has 21 heavy (non-hydrogen) atoms. The molecular weight excluding hydrogens is 266 g/mol. The minimum atomic E-state index is 0.150. The van der Waals surface area contributed by atoms with Crippen LogP contribution in [0, 0.1) is 0 Å². The number of hydrogen-bond acceptors (Lipinski definition) is 4. The molecule has 2 aliphatic rings. The van der Waals surface area contributed by atoms with E-state index in [2.05, 4.69) is 22.2 Å². The standard InChI is InChI=1S/C15H31N5O/c1-17(2)15(21)20-8-4-14(5-9-20)18(3)12-13-19-10-6-16-7-11-19/h14,16H,4-13H2,1-3H3. The van der Waals surface area contributed by atoms with Crippen molar-refractivity contribution in [2.75, 3.05) is 73.5 Å². The highest BCUT2D eigenvalue weighted by Crippen LogP contribution is 2.16. The topological polar surface area (TPSA) is 42.1 Å². The van der Waals surface area contributed by atoms with Crippen molar-refractivity contribution in [3.05, 3.63) is 0 Å². The van der Waals surface area contributed by atoms with Gasteiger partial charge in [0.2, 0.25) is 0 Å². The number of urea groups is 1. The van der Waals surface area contributed by atoms with Crippen molar-refractivity contribution in [3.63, 3.8) is 0 Å². The molecular formula is C15H31N5O. The summed E-state index contributed by atoms with van der Waals surface area (Å²) in [5, 5.41) is 3.39. The Kier molecular flexibility index (Phi) is 6.26. The van der Waals surface area contributed by atoms with Gasteiger partial charge in [-0.25, -0.2) is 4.79 Å². The minimum absolute atomic E-state index is 0.150. The van der Waals surface area contributed by atoms with E-state index in [0.717, 1.165) is 52.1 Å². The third kappa shape index (κ3) is 4.83. The van der Waals surface area contributed by atoms with Gasteiger partial charge in [0.05, 0.1) is 0 Å². The average Bonchev–Trinajstić information content (AvgIpc) is 2.53. The van der Waals surface area contributed by atoms with E-state index in [9.17, 15) is 4.79 Å². The molecule has 0 unspecified atom stereocenters. The molecule has 122 valence electrons. The van der Waals surface area contributed by atoms with E-state index >= 15 is 0 Å². The molecule has 1 N–H and O–H groups in total. The lowest BCUT2D eigenvalue weighted by Gasteiger charge is -2.38. The Morgan fingerprint density at radius 1 is 1.10 bits per heavy atom. The number of piperazine rings is 1. The Balaban J connectivity index is 1.67. The summed E-state index contributed by atoms with van der Waals surface area (Å²) >= 11 is 0. The van der Waals surface area contributed by atoms with Crippen LogP contribution in [0.15, 0.2) is 0 Å². The molecule has 0 aromatic rings. The quantitative estimate of drug-likeness (QED) is 0.791. The number of hydrogen-bond donors (Lipinski definition) is 1. The van der Waals surface area contributed by atoms with Gasteiger partial charge in [0, 0.05) is 72.5 Å². The maximum absolute atomic E-state index is 11.9. The van der Waals surface area contributed by atoms with Crippen LogP contribution in [0.4, 0.5) is 4.79 Å². The first kappa shape index (κ1) is 16.5. The molecule has 6 nitrogen and oxygen atoms in total. The van der Waals surface area contributed by atoms with Crippen LogP contribution < -0.4 is 5.32 Å². The molecule has 0 spiro atoms. The second-order valence-electron chi connectivity index (χ2n) is 6.47. The fourth-order valence-corrected chi connectivity index (χ4v) is 3.20. The monoisotopic (exact) mass is 297 g/mol. The Bertz CT molecular complexity index is 322. The normalized spacial score (nSPS) is 21.8. The predicted octanol–water partition coefficient (Wildman–Crippen LogP) is -0.0306. The highest BCUT2D eigenvalue weighted by Gasteiger charge is 2.26. The van der Waals surface area contributed by atoms with Gasteiger partial charge in [0.15, 0.2) is 0 Å². The van der Waals surface area contributed by atoms with E-state index in [1.807, 2.05) is 19.0 Å². The minimum Gasteiger partial charge on any atom is -0.331 e. The SMILES string of the molecule is CN(C)C(=O)N1CCC(N(C)CCN2CCNCC2)CC1. The third-order valence-corrected chi connectivity index (χ3v) is 4.72. The second kappa shape index (κ2) is 7.96. The van der Waals surface area contributed by atoms with Crippen molar-refractivity contribution in [2.45, 2.75) is 18.9 Å². The maximum Gasteiger partial charge on any atom is 0.319 e. The molecule has 0 aliphatic carbocycles. The highest BCUT2D eigenvalue weighted by atomic mass is 16.2. The fourth-order valence-electron chi connectivity index (χ4n) is 3.20. The zero-order valence-corrected chi connectivity index (χ0v) is 13.8. The van der Waals surface area contributed by atoms with Gasteiger partial charge in [0.25, 0.3) is 0 Å². The summed E-state index contributed by atoms with van der Waals surface area (Å²) in [7, 11) is 5.89. The molecule has 2 fully saturated rings. The Hall–Kier alpha value is -0.850. The van der Waals surface area contributed by atoms with E-state index in [4.69, 9.17) is 0 Å². The average molecular weight is 297 g/mol. The first-order valence-electron chi connectivity index (χ1n) is 8.17. The zero-order chi connectivity index (χ0) is 15.2. The number of nitrogens with one attached hydrogen (secondary N) is 1. The molecule has 2 saturated heterocycles. The molecule has 0 aromatic heterocycles. The number of carbonyl (C=O) groups is 1. The molecule has 2 rings (SSSR count). The van der Waals surface area contributed by atoms with E-state index < -0.39 is 0 Å². The van der Waals surface area contributed by atoms with Crippen LogP contribution in [-0.4, -0.2) is 105 Å². The summed E-state index contributed by atoms with van der Waals surface area (Å²) < 4.78 is 0. The van der Waals surface area contributed by atoms with Crippen LogP contribution >= 0.6 is 0 Å². The number of nitrogens with zero attached hydrogens (tertiary/aromatic N) is 4. The van der Waals surface area contributed by atoms with Crippen molar-refractivity contribution in [1.82, 2.24) is 24.9 Å². The van der Waals surface area contributed by atoms with Gasteiger partial charge in [-0.2, -0.15) is 0 Å². The van der Waals surface area contributed by atoms with Gasteiger partial charge in [-0.15, -0.1) is 0 Å². The largest absolute Gasteiger partial charge is 0.331 e. The number of likely N-dealkylation sites (N-methyl/N-ethyl adjacent to an activating group) is 1. The smallest absolute Gasteiger partial charge is 0.319 e. The van der Waals surface area contributed by atoms with Crippen molar-refractivity contribution >= 4 is 6.03 Å². The van der Waals surface area contributed by atoms with Gasteiger partial charge < -0.3 is 20.0 Å². The van der Waals surface area contributed by atoms with E-state index in [1.165, 1.54) is 13.1 Å². The lowest BCUT2D eigenvalue weighted by atomic mass is 10.0. The van der Waals surface area contributed by atoms with Crippen LogP contribution in [0.1, 0.15) is 12.8 Å². The summed E-state index contributed by atoms with van der Waals surface area (Å²) in [6, 6.07) is 0.774. The van der Waals surface area contributed by atoms with Crippen molar-refractivity contribution < 1.29 is 4.79 Å². The van der Waals surface area contributed by atoms with Gasteiger partial charge >= 0.3 is 6.03 Å². The van der Waals surface area contributed by atoms with Gasteiger partial charge in [-0.05, 0) is 19.9 Å². The Morgan fingerprint density at radius 2 is 1.71 bits per heavy atom. The number of carbonyl (C=O) groups excluding carboxylic acids is 1. The van der Waals surface area contributed by atoms with Crippen LogP contribution in [0.25, 0.3) is 0 Å². The highest BCUT2D eigenvalue weighted by molar-refractivity contribution is 5.73. The number of rotatable bonds is 4. The lowest BCUT2D eigenvalue weighted by Crippen LogP contribution is -2.50. The van der Waals surface area contributed by atoms with Crippen molar-refractivity contribution in [2.24, 2.45) is 0 Å². The van der Waals surface area contributed by atoms with E-state index in [0.29, 0.717) is 6.04 Å². The Morgan fingerprint density at radius 3 is 2.29 bits per heavy atom. The number of likely N-dealkylation sites (tertiary alicyclic amines) is 1. The molecule has 0 radical (unpaired) electrons. The van der Waals surface area contributed by atoms with E-state index in [-0.39, 0.29) is 6.03 Å². The molecule has 2 heterocycles. The lowest BCUT2D eigenvalue weighted by molar-refractivity contribution is 0.111. The summed E-state index contributed by atoms with van der Waals surface area (Å²) in [5.74, 6) is 0. The molecule has 2 amide bonds. The summed E-state index contributed by atoms with van der Waals surface area (Å²) in [5.41, 5.74) is 0. The molecule has 2 aliphatic heterocycles. The predicted molar refractivity (Wildman–Crippen MR) is 85.6 cm³/mol. The molecule has 0 aromatic carbocycles. The van der Waals surface area contributed by atoms with Crippen molar-refractivity contribution in [3.8, 4) is 0 Å². The van der Waals surface area contributed by atoms with Crippen LogP contribution in [-0.2, 0) is 0 Å². The van der Waals surface area contributed by atoms with Gasteiger partial charge in [0.1, 0.15) is 0 Å². The molecule has 0 atom stereocenters. The summed E-state index contributed by atoms with van der Waals surface area (Å²) in [6.45, 7) is 8.65. The fraction of sp³-hybridized carbons (Fsp3) is 0.933. The van der Waals surface area contributed by atoms with Crippen molar-refractivity contribution in [1.29, 1.82) is 0 Å². The number of piperidine rings is 1. The maximum atomic E-state index is 11.9. The summed E-state index contributed by atoms with van der Waals surface area (Å²) in [6.07, 6.45) is 2.19. The van der Waals surface area contributed by atoms with E-state index in [1.54, 1.807) is 4.90 Å². The second-order valence-corrected chi connectivity index (χ2v) is 6.47. The zero-order valence-electron chi connectivity index (χ0n) is 13.8. The van der Waals surface area contributed by atoms with Crippen LogP contribution in [0.2, 0.25) is 0 Å². The molecule has 0 bridgehead atoms. The third-order valence-electron chi connectivity index (χ3n) is 4.72. The van der Waals surface area contributed by atoms with Gasteiger partial charge in [-0.3, -0.25) is 4.90 Å². The first-order chi connectivity index (χ1) is 10.1. The molecule has 6 heteroatoms. The van der Waals surface area contributed by atoms with Crippen LogP contribution in [0.3, 0.4) is 0 Å². The van der Waals surface area contributed by atoms with Crippen LogP contribution in [0.5, 0.6) is 0 Å². The van der Waals surface area contributed by atoms with Gasteiger partial charge in [-0.1, -0.05) is 0 Å². The summed E-state index contributed by atoms with van der Waals surface area (Å²) in [4.78, 5) is 20.6. The number of amides is 2. The Labute approximate surface area is 129 Å².